The fraction of sp³-hybridized carbons (Fsp3) is 0.800. The van der Waals surface area contributed by atoms with Gasteiger partial charge in [-0.3, -0.25) is 0 Å². The lowest BCUT2D eigenvalue weighted by atomic mass is 10.2. The van der Waals surface area contributed by atoms with E-state index in [2.05, 4.69) is 42.9 Å². The Morgan fingerprint density at radius 2 is 1.95 bits per heavy atom. The van der Waals surface area contributed by atoms with Crippen molar-refractivity contribution in [3.63, 3.8) is 0 Å². The molecular formula is C15H28N4S. The van der Waals surface area contributed by atoms with Gasteiger partial charge in [0.25, 0.3) is 0 Å². The van der Waals surface area contributed by atoms with Gasteiger partial charge in [0.05, 0.1) is 5.69 Å². The summed E-state index contributed by atoms with van der Waals surface area (Å²) in [5.41, 5.74) is 1.28. The van der Waals surface area contributed by atoms with Gasteiger partial charge in [-0.1, -0.05) is 13.8 Å². The van der Waals surface area contributed by atoms with Crippen LogP contribution in [0.3, 0.4) is 0 Å². The molecule has 1 N–H and O–H groups in total. The fourth-order valence-corrected chi connectivity index (χ4v) is 3.48. The van der Waals surface area contributed by atoms with Crippen LogP contribution in [0.2, 0.25) is 0 Å². The van der Waals surface area contributed by atoms with Crippen LogP contribution in [0.15, 0.2) is 0 Å². The molecule has 0 saturated carbocycles. The van der Waals surface area contributed by atoms with Gasteiger partial charge in [-0.05, 0) is 26.8 Å². The number of hydrogen-bond acceptors (Lipinski definition) is 5. The predicted molar refractivity (Wildman–Crippen MR) is 87.8 cm³/mol. The van der Waals surface area contributed by atoms with Gasteiger partial charge >= 0.3 is 0 Å². The van der Waals surface area contributed by atoms with E-state index in [1.54, 1.807) is 0 Å². The van der Waals surface area contributed by atoms with Crippen molar-refractivity contribution in [3.8, 4) is 0 Å². The fourth-order valence-electron chi connectivity index (χ4n) is 2.33. The van der Waals surface area contributed by atoms with E-state index in [4.69, 9.17) is 4.98 Å². The maximum atomic E-state index is 4.87. The van der Waals surface area contributed by atoms with E-state index in [0.717, 1.165) is 39.1 Å². The van der Waals surface area contributed by atoms with Crippen molar-refractivity contribution < 1.29 is 0 Å². The Hall–Kier alpha value is -0.650. The van der Waals surface area contributed by atoms with E-state index in [9.17, 15) is 0 Å². The molecule has 1 aromatic rings. The third kappa shape index (κ3) is 3.93. The van der Waals surface area contributed by atoms with Gasteiger partial charge in [0, 0.05) is 43.6 Å². The van der Waals surface area contributed by atoms with Gasteiger partial charge in [0.1, 0.15) is 0 Å². The second-order valence-corrected chi connectivity index (χ2v) is 6.76. The minimum atomic E-state index is 0.578. The van der Waals surface area contributed by atoms with Crippen molar-refractivity contribution in [3.05, 3.63) is 10.6 Å². The topological polar surface area (TPSA) is 31.4 Å². The molecule has 1 fully saturated rings. The average Bonchev–Trinajstić information content (AvgIpc) is 2.88. The molecule has 0 bridgehead atoms. The number of likely N-dealkylation sites (N-methyl/N-ethyl adjacent to an activating group) is 1. The van der Waals surface area contributed by atoms with Crippen molar-refractivity contribution in [1.29, 1.82) is 0 Å². The highest BCUT2D eigenvalue weighted by molar-refractivity contribution is 7.15. The van der Waals surface area contributed by atoms with Crippen LogP contribution >= 0.6 is 11.3 Å². The van der Waals surface area contributed by atoms with E-state index >= 15 is 0 Å². The van der Waals surface area contributed by atoms with E-state index in [-0.39, 0.29) is 0 Å². The Bertz CT molecular complexity index is 410. The molecule has 2 rings (SSSR count). The molecule has 1 aromatic heterocycles. The zero-order valence-electron chi connectivity index (χ0n) is 13.3. The summed E-state index contributed by atoms with van der Waals surface area (Å²) in [7, 11) is 2.19. The molecule has 0 radical (unpaired) electrons. The highest BCUT2D eigenvalue weighted by Crippen LogP contribution is 2.27. The Balaban J connectivity index is 2.02. The Labute approximate surface area is 127 Å². The Morgan fingerprint density at radius 3 is 2.55 bits per heavy atom. The molecule has 0 aromatic carbocycles. The first kappa shape index (κ1) is 15.7. The molecule has 0 spiro atoms. The van der Waals surface area contributed by atoms with Gasteiger partial charge in [0.15, 0.2) is 5.13 Å². The van der Waals surface area contributed by atoms with Gasteiger partial charge in [0.2, 0.25) is 0 Å². The summed E-state index contributed by atoms with van der Waals surface area (Å²) in [6, 6.07) is 0.578. The summed E-state index contributed by atoms with van der Waals surface area (Å²) in [5.74, 6) is 0. The normalized spacial score (nSPS) is 18.5. The molecule has 2 heterocycles. The average molecular weight is 296 g/mol. The van der Waals surface area contributed by atoms with Crippen LogP contribution in [0.1, 0.15) is 37.8 Å². The molecule has 0 amide bonds. The summed E-state index contributed by atoms with van der Waals surface area (Å²) < 4.78 is 0. The van der Waals surface area contributed by atoms with Crippen molar-refractivity contribution >= 4 is 16.5 Å². The number of thiazole rings is 1. The number of anilines is 1. The van der Waals surface area contributed by atoms with Crippen LogP contribution in [0, 0.1) is 0 Å². The highest BCUT2D eigenvalue weighted by Gasteiger charge is 2.19. The summed E-state index contributed by atoms with van der Waals surface area (Å²) >= 11 is 1.88. The Morgan fingerprint density at radius 1 is 1.25 bits per heavy atom. The van der Waals surface area contributed by atoms with Crippen LogP contribution < -0.4 is 10.2 Å². The molecule has 20 heavy (non-hydrogen) atoms. The SMILES string of the molecule is CCc1nc(N2CCN(C)CC2)sc1CNC(C)CC. The highest BCUT2D eigenvalue weighted by atomic mass is 32.1. The minimum absolute atomic E-state index is 0.578. The quantitative estimate of drug-likeness (QED) is 0.873. The van der Waals surface area contributed by atoms with Crippen molar-refractivity contribution in [1.82, 2.24) is 15.2 Å². The number of rotatable bonds is 6. The molecular weight excluding hydrogens is 268 g/mol. The largest absolute Gasteiger partial charge is 0.346 e. The number of piperazine rings is 1. The first-order valence-electron chi connectivity index (χ1n) is 7.79. The first-order chi connectivity index (χ1) is 9.63. The number of nitrogens with one attached hydrogen (secondary N) is 1. The van der Waals surface area contributed by atoms with Crippen LogP contribution in [-0.4, -0.2) is 49.2 Å². The molecule has 114 valence electrons. The van der Waals surface area contributed by atoms with Gasteiger partial charge in [-0.2, -0.15) is 0 Å². The molecule has 1 saturated heterocycles. The van der Waals surface area contributed by atoms with E-state index in [0.29, 0.717) is 6.04 Å². The minimum Gasteiger partial charge on any atom is -0.346 e. The number of nitrogens with zero attached hydrogens (tertiary/aromatic N) is 3. The van der Waals surface area contributed by atoms with Crippen molar-refractivity contribution in [2.75, 3.05) is 38.1 Å². The lowest BCUT2D eigenvalue weighted by Gasteiger charge is -2.32. The van der Waals surface area contributed by atoms with Gasteiger partial charge < -0.3 is 15.1 Å². The van der Waals surface area contributed by atoms with Crippen LogP contribution in [-0.2, 0) is 13.0 Å². The van der Waals surface area contributed by atoms with E-state index < -0.39 is 0 Å². The first-order valence-corrected chi connectivity index (χ1v) is 8.61. The van der Waals surface area contributed by atoms with Crippen molar-refractivity contribution in [2.24, 2.45) is 0 Å². The number of aromatic nitrogens is 1. The van der Waals surface area contributed by atoms with Gasteiger partial charge in [-0.25, -0.2) is 4.98 Å². The summed E-state index contributed by atoms with van der Waals surface area (Å²) in [6.07, 6.45) is 2.20. The second-order valence-electron chi connectivity index (χ2n) is 5.70. The molecule has 1 aliphatic rings. The molecule has 1 aliphatic heterocycles. The smallest absolute Gasteiger partial charge is 0.185 e. The summed E-state index contributed by atoms with van der Waals surface area (Å²) in [5, 5.41) is 4.81. The zero-order valence-corrected chi connectivity index (χ0v) is 14.1. The number of hydrogen-bond donors (Lipinski definition) is 1. The summed E-state index contributed by atoms with van der Waals surface area (Å²) in [4.78, 5) is 11.1. The van der Waals surface area contributed by atoms with Crippen LogP contribution in [0.4, 0.5) is 5.13 Å². The number of aryl methyl sites for hydroxylation is 1. The van der Waals surface area contributed by atoms with Gasteiger partial charge in [-0.15, -0.1) is 11.3 Å². The lowest BCUT2D eigenvalue weighted by Crippen LogP contribution is -2.44. The monoisotopic (exact) mass is 296 g/mol. The second kappa shape index (κ2) is 7.38. The third-order valence-electron chi connectivity index (χ3n) is 4.10. The third-order valence-corrected chi connectivity index (χ3v) is 5.26. The predicted octanol–water partition coefficient (Wildman–Crippen LogP) is 2.35. The molecule has 5 heteroatoms. The van der Waals surface area contributed by atoms with E-state index in [1.807, 2.05) is 11.3 Å². The molecule has 4 nitrogen and oxygen atoms in total. The lowest BCUT2D eigenvalue weighted by molar-refractivity contribution is 0.312. The summed E-state index contributed by atoms with van der Waals surface area (Å²) in [6.45, 7) is 12.1. The van der Waals surface area contributed by atoms with Crippen LogP contribution in [0.25, 0.3) is 0 Å². The molecule has 1 unspecified atom stereocenters. The Kier molecular flexibility index (Phi) is 5.81. The molecule has 0 aliphatic carbocycles. The maximum Gasteiger partial charge on any atom is 0.185 e. The van der Waals surface area contributed by atoms with Crippen molar-refractivity contribution in [2.45, 2.75) is 46.2 Å². The maximum absolute atomic E-state index is 4.87. The zero-order chi connectivity index (χ0) is 14.5. The molecule has 1 atom stereocenters. The van der Waals surface area contributed by atoms with E-state index in [1.165, 1.54) is 22.1 Å². The standard InChI is InChI=1S/C15H28N4S/c1-5-12(3)16-11-14-13(6-2)17-15(20-14)19-9-7-18(4)8-10-19/h12,16H,5-11H2,1-4H3. The van der Waals surface area contributed by atoms with Crippen LogP contribution in [0.5, 0.6) is 0 Å².